The Morgan fingerprint density at radius 1 is 0.774 bits per heavy atom. The summed E-state index contributed by atoms with van der Waals surface area (Å²) < 4.78 is 40.7. The summed E-state index contributed by atoms with van der Waals surface area (Å²) in [7, 11) is 0. The van der Waals surface area contributed by atoms with Gasteiger partial charge in [-0.25, -0.2) is 15.0 Å². The molecule has 156 valence electrons. The fraction of sp³-hybridized carbons (Fsp3) is 0.0476. The standard InChI is InChI=1S/C21H12Cl2F3N5/c22-14-4-3-11(6-15(14)23)17-9-18(21(24,25)26)31-20(30-17)13-7-16(29-19(27)8-13)12-2-1-5-28-10-12/h1-10H,(H2,27,29). The van der Waals surface area contributed by atoms with Gasteiger partial charge in [0.25, 0.3) is 0 Å². The number of benzene rings is 1. The van der Waals surface area contributed by atoms with Crippen LogP contribution in [0.1, 0.15) is 5.69 Å². The maximum absolute atomic E-state index is 13.6. The molecule has 0 aliphatic rings. The number of nitrogens with zero attached hydrogens (tertiary/aromatic N) is 4. The fourth-order valence-corrected chi connectivity index (χ4v) is 3.17. The molecule has 0 unspecified atom stereocenters. The van der Waals surface area contributed by atoms with Gasteiger partial charge in [0.15, 0.2) is 5.82 Å². The smallest absolute Gasteiger partial charge is 0.384 e. The van der Waals surface area contributed by atoms with Gasteiger partial charge >= 0.3 is 6.18 Å². The molecule has 0 atom stereocenters. The van der Waals surface area contributed by atoms with E-state index in [-0.39, 0.29) is 32.9 Å². The summed E-state index contributed by atoms with van der Waals surface area (Å²) in [5.74, 6) is -0.0522. The third-order valence-corrected chi connectivity index (χ3v) is 5.03. The van der Waals surface area contributed by atoms with Crippen molar-refractivity contribution in [1.82, 2.24) is 19.9 Å². The highest BCUT2D eigenvalue weighted by Crippen LogP contribution is 2.34. The molecular weight excluding hydrogens is 450 g/mol. The maximum atomic E-state index is 13.6. The molecule has 1 aromatic carbocycles. The van der Waals surface area contributed by atoms with Crippen LogP contribution in [-0.4, -0.2) is 19.9 Å². The molecule has 3 heterocycles. The number of anilines is 1. The van der Waals surface area contributed by atoms with E-state index < -0.39 is 11.9 Å². The lowest BCUT2D eigenvalue weighted by Gasteiger charge is -2.12. The Hall–Kier alpha value is -3.23. The number of rotatable bonds is 3. The fourth-order valence-electron chi connectivity index (χ4n) is 2.87. The van der Waals surface area contributed by atoms with Gasteiger partial charge in [-0.3, -0.25) is 4.98 Å². The molecule has 0 saturated heterocycles. The minimum absolute atomic E-state index is 0.0363. The summed E-state index contributed by atoms with van der Waals surface area (Å²) in [6, 6.07) is 11.8. The molecule has 10 heteroatoms. The summed E-state index contributed by atoms with van der Waals surface area (Å²) in [5.41, 5.74) is 6.55. The van der Waals surface area contributed by atoms with Gasteiger partial charge in [0.05, 0.1) is 21.4 Å². The number of hydrogen-bond acceptors (Lipinski definition) is 5. The van der Waals surface area contributed by atoms with Gasteiger partial charge < -0.3 is 5.73 Å². The Morgan fingerprint density at radius 2 is 1.55 bits per heavy atom. The highest BCUT2D eigenvalue weighted by Gasteiger charge is 2.34. The molecule has 31 heavy (non-hydrogen) atoms. The van der Waals surface area contributed by atoms with E-state index in [4.69, 9.17) is 28.9 Å². The molecule has 0 radical (unpaired) electrons. The lowest BCUT2D eigenvalue weighted by molar-refractivity contribution is -0.141. The molecule has 0 bridgehead atoms. The van der Waals surface area contributed by atoms with Gasteiger partial charge in [0.2, 0.25) is 0 Å². The van der Waals surface area contributed by atoms with E-state index in [9.17, 15) is 13.2 Å². The first-order chi connectivity index (χ1) is 14.7. The molecule has 0 spiro atoms. The predicted molar refractivity (Wildman–Crippen MR) is 113 cm³/mol. The first-order valence-electron chi connectivity index (χ1n) is 8.81. The Labute approximate surface area is 184 Å². The average Bonchev–Trinajstić information content (AvgIpc) is 2.75. The summed E-state index contributed by atoms with van der Waals surface area (Å²) in [6.07, 6.45) is -1.52. The van der Waals surface area contributed by atoms with Crippen LogP contribution in [0.5, 0.6) is 0 Å². The largest absolute Gasteiger partial charge is 0.433 e. The van der Waals surface area contributed by atoms with Gasteiger partial charge in [0, 0.05) is 29.1 Å². The van der Waals surface area contributed by atoms with Gasteiger partial charge in [-0.1, -0.05) is 29.3 Å². The molecule has 3 aromatic heterocycles. The van der Waals surface area contributed by atoms with Crippen LogP contribution in [0.25, 0.3) is 33.9 Å². The number of nitrogen functional groups attached to an aromatic ring is 1. The van der Waals surface area contributed by atoms with Crippen LogP contribution in [0, 0.1) is 0 Å². The SMILES string of the molecule is Nc1cc(-c2nc(-c3ccc(Cl)c(Cl)c3)cc(C(F)(F)F)n2)cc(-c2cccnc2)n1. The Kier molecular flexibility index (Phi) is 5.51. The highest BCUT2D eigenvalue weighted by molar-refractivity contribution is 6.42. The molecule has 0 saturated carbocycles. The first-order valence-corrected chi connectivity index (χ1v) is 9.56. The zero-order valence-corrected chi connectivity index (χ0v) is 17.0. The van der Waals surface area contributed by atoms with Gasteiger partial charge in [-0.2, -0.15) is 13.2 Å². The van der Waals surface area contributed by atoms with Crippen LogP contribution in [-0.2, 0) is 6.18 Å². The summed E-state index contributed by atoms with van der Waals surface area (Å²) in [4.78, 5) is 16.3. The van der Waals surface area contributed by atoms with Crippen molar-refractivity contribution in [3.8, 4) is 33.9 Å². The molecule has 0 aliphatic carbocycles. The predicted octanol–water partition coefficient (Wildman–Crippen LogP) is 6.18. The number of pyridine rings is 2. The van der Waals surface area contributed by atoms with E-state index >= 15 is 0 Å². The van der Waals surface area contributed by atoms with Crippen molar-refractivity contribution in [2.75, 3.05) is 5.73 Å². The lowest BCUT2D eigenvalue weighted by Crippen LogP contribution is -2.10. The minimum Gasteiger partial charge on any atom is -0.384 e. The number of halogens is 5. The van der Waals surface area contributed by atoms with Crippen molar-refractivity contribution < 1.29 is 13.2 Å². The Balaban J connectivity index is 1.90. The topological polar surface area (TPSA) is 77.6 Å². The van der Waals surface area contributed by atoms with Crippen LogP contribution in [0.15, 0.2) is 60.9 Å². The van der Waals surface area contributed by atoms with Crippen molar-refractivity contribution in [3.63, 3.8) is 0 Å². The van der Waals surface area contributed by atoms with Crippen LogP contribution >= 0.6 is 23.2 Å². The summed E-state index contributed by atoms with van der Waals surface area (Å²) in [5, 5.41) is 0.471. The quantitative estimate of drug-likeness (QED) is 0.394. The summed E-state index contributed by atoms with van der Waals surface area (Å²) in [6.45, 7) is 0. The number of alkyl halides is 3. The monoisotopic (exact) mass is 461 g/mol. The van der Waals surface area contributed by atoms with E-state index in [1.165, 1.54) is 24.3 Å². The van der Waals surface area contributed by atoms with Gasteiger partial charge in [-0.05, 0) is 42.5 Å². The Morgan fingerprint density at radius 3 is 2.23 bits per heavy atom. The van der Waals surface area contributed by atoms with Crippen LogP contribution in [0.3, 0.4) is 0 Å². The molecule has 2 N–H and O–H groups in total. The van der Waals surface area contributed by atoms with Crippen molar-refractivity contribution >= 4 is 29.0 Å². The van der Waals surface area contributed by atoms with Crippen LogP contribution in [0.2, 0.25) is 10.0 Å². The first kappa shape index (κ1) is 21.0. The second-order valence-electron chi connectivity index (χ2n) is 6.50. The van der Waals surface area contributed by atoms with E-state index in [1.807, 2.05) is 0 Å². The van der Waals surface area contributed by atoms with E-state index in [0.717, 1.165) is 6.07 Å². The molecule has 4 rings (SSSR count). The van der Waals surface area contributed by atoms with Gasteiger partial charge in [-0.15, -0.1) is 0 Å². The molecule has 5 nitrogen and oxygen atoms in total. The highest BCUT2D eigenvalue weighted by atomic mass is 35.5. The zero-order valence-electron chi connectivity index (χ0n) is 15.5. The van der Waals surface area contributed by atoms with E-state index in [1.54, 1.807) is 30.6 Å². The maximum Gasteiger partial charge on any atom is 0.433 e. The van der Waals surface area contributed by atoms with Crippen molar-refractivity contribution in [3.05, 3.63) is 76.7 Å². The Bertz CT molecular complexity index is 1260. The molecular formula is C21H12Cl2F3N5. The summed E-state index contributed by atoms with van der Waals surface area (Å²) >= 11 is 12.0. The molecule has 0 amide bonds. The van der Waals surface area contributed by atoms with Crippen LogP contribution in [0.4, 0.5) is 19.0 Å². The van der Waals surface area contributed by atoms with E-state index in [0.29, 0.717) is 16.8 Å². The lowest BCUT2D eigenvalue weighted by atomic mass is 10.1. The normalized spacial score (nSPS) is 11.5. The molecule has 0 aliphatic heterocycles. The van der Waals surface area contributed by atoms with Crippen molar-refractivity contribution in [1.29, 1.82) is 0 Å². The number of nitrogens with two attached hydrogens (primary N) is 1. The third kappa shape index (κ3) is 4.60. The second-order valence-corrected chi connectivity index (χ2v) is 7.31. The van der Waals surface area contributed by atoms with E-state index in [2.05, 4.69) is 19.9 Å². The number of hydrogen-bond donors (Lipinski definition) is 1. The average molecular weight is 462 g/mol. The van der Waals surface area contributed by atoms with Crippen molar-refractivity contribution in [2.24, 2.45) is 0 Å². The van der Waals surface area contributed by atoms with Gasteiger partial charge in [0.1, 0.15) is 11.5 Å². The zero-order chi connectivity index (χ0) is 22.2. The van der Waals surface area contributed by atoms with Crippen molar-refractivity contribution in [2.45, 2.75) is 6.18 Å². The third-order valence-electron chi connectivity index (χ3n) is 4.29. The molecule has 4 aromatic rings. The second kappa shape index (κ2) is 8.13. The minimum atomic E-state index is -4.69. The van der Waals surface area contributed by atoms with Crippen LogP contribution < -0.4 is 5.73 Å². The molecule has 0 fully saturated rings. The number of aromatic nitrogens is 4.